The molecule has 1 aliphatic rings. The van der Waals surface area contributed by atoms with Crippen LogP contribution in [0.3, 0.4) is 0 Å². The Morgan fingerprint density at radius 2 is 2.14 bits per heavy atom. The molecule has 1 aliphatic heterocycles. The van der Waals surface area contributed by atoms with Crippen LogP contribution < -0.4 is 15.0 Å². The van der Waals surface area contributed by atoms with E-state index in [9.17, 15) is 14.0 Å². The molecule has 1 heterocycles. The van der Waals surface area contributed by atoms with Gasteiger partial charge in [-0.05, 0) is 56.3 Å². The normalized spacial score (nSPS) is 16.8. The Hall–Kier alpha value is -2.64. The fraction of sp³-hybridized carbons (Fsp3) is 0.333. The second-order valence-electron chi connectivity index (χ2n) is 6.94. The van der Waals surface area contributed by atoms with Crippen molar-refractivity contribution in [3.8, 4) is 5.75 Å². The molecule has 0 saturated carbocycles. The van der Waals surface area contributed by atoms with Crippen LogP contribution in [0.25, 0.3) is 0 Å². The van der Waals surface area contributed by atoms with Gasteiger partial charge in [0.15, 0.2) is 0 Å². The smallest absolute Gasteiger partial charge is 0.244 e. The molecule has 1 atom stereocenters. The number of benzene rings is 2. The minimum Gasteiger partial charge on any atom is -0.495 e. The molecule has 0 aromatic heterocycles. The summed E-state index contributed by atoms with van der Waals surface area (Å²) >= 11 is 6.00. The highest BCUT2D eigenvalue weighted by Crippen LogP contribution is 2.28. The maximum absolute atomic E-state index is 13.6. The fourth-order valence-corrected chi connectivity index (χ4v) is 3.64. The first-order valence-electron chi connectivity index (χ1n) is 9.29. The van der Waals surface area contributed by atoms with Crippen LogP contribution in [0.4, 0.5) is 15.8 Å². The molecule has 0 bridgehead atoms. The van der Waals surface area contributed by atoms with Gasteiger partial charge in [0.25, 0.3) is 0 Å². The summed E-state index contributed by atoms with van der Waals surface area (Å²) in [5, 5.41) is 3.25. The van der Waals surface area contributed by atoms with Crippen molar-refractivity contribution in [1.29, 1.82) is 0 Å². The third-order valence-electron chi connectivity index (χ3n) is 4.89. The van der Waals surface area contributed by atoms with Crippen LogP contribution >= 0.6 is 11.6 Å². The molecule has 8 heteroatoms. The van der Waals surface area contributed by atoms with Crippen molar-refractivity contribution in [3.05, 3.63) is 53.3 Å². The average Bonchev–Trinajstić information content (AvgIpc) is 2.68. The number of ether oxygens (including phenoxy) is 1. The fourth-order valence-electron chi connectivity index (χ4n) is 3.47. The van der Waals surface area contributed by atoms with Crippen LogP contribution in [0.5, 0.6) is 5.75 Å². The summed E-state index contributed by atoms with van der Waals surface area (Å²) in [4.78, 5) is 28.8. The number of nitrogens with zero attached hydrogens (tertiary/aromatic N) is 2. The molecular formula is C21H23ClFN3O3. The summed E-state index contributed by atoms with van der Waals surface area (Å²) < 4.78 is 18.8. The number of hydrogen-bond acceptors (Lipinski definition) is 4. The van der Waals surface area contributed by atoms with Crippen molar-refractivity contribution in [2.24, 2.45) is 0 Å². The molecule has 154 valence electrons. The zero-order chi connectivity index (χ0) is 21.0. The molecule has 3 rings (SSSR count). The molecule has 1 N–H and O–H groups in total. The van der Waals surface area contributed by atoms with Gasteiger partial charge in [0.1, 0.15) is 11.6 Å². The lowest BCUT2D eigenvalue weighted by Gasteiger charge is -2.36. The van der Waals surface area contributed by atoms with Gasteiger partial charge in [-0.15, -0.1) is 0 Å². The number of anilines is 2. The van der Waals surface area contributed by atoms with Gasteiger partial charge in [-0.3, -0.25) is 14.5 Å². The quantitative estimate of drug-likeness (QED) is 0.777. The first-order chi connectivity index (χ1) is 13.9. The lowest BCUT2D eigenvalue weighted by molar-refractivity contribution is -0.126. The van der Waals surface area contributed by atoms with E-state index in [-0.39, 0.29) is 24.2 Å². The van der Waals surface area contributed by atoms with Crippen molar-refractivity contribution in [2.75, 3.05) is 37.5 Å². The molecule has 2 aromatic rings. The van der Waals surface area contributed by atoms with Gasteiger partial charge in [-0.2, -0.15) is 0 Å². The Bertz CT molecular complexity index is 908. The largest absolute Gasteiger partial charge is 0.495 e. The van der Waals surface area contributed by atoms with Crippen LogP contribution in [0.2, 0.25) is 5.02 Å². The lowest BCUT2D eigenvalue weighted by atomic mass is 10.0. The predicted octanol–water partition coefficient (Wildman–Crippen LogP) is 3.55. The number of carbonyl (C=O) groups excluding carboxylic acids is 2. The van der Waals surface area contributed by atoms with Gasteiger partial charge in [-0.25, -0.2) is 4.39 Å². The minimum absolute atomic E-state index is 0.0169. The van der Waals surface area contributed by atoms with Gasteiger partial charge in [-0.1, -0.05) is 17.7 Å². The summed E-state index contributed by atoms with van der Waals surface area (Å²) in [7, 11) is 3.24. The third kappa shape index (κ3) is 5.05. The first kappa shape index (κ1) is 21.1. The lowest BCUT2D eigenvalue weighted by Crippen LogP contribution is -2.52. The molecule has 1 saturated heterocycles. The van der Waals surface area contributed by atoms with Crippen molar-refractivity contribution < 1.29 is 18.7 Å². The van der Waals surface area contributed by atoms with E-state index >= 15 is 0 Å². The summed E-state index contributed by atoms with van der Waals surface area (Å²) in [6, 6.07) is 10.5. The number of hydrogen-bond donors (Lipinski definition) is 1. The van der Waals surface area contributed by atoms with Crippen LogP contribution in [-0.2, 0) is 9.59 Å². The number of halogens is 2. The Labute approximate surface area is 174 Å². The van der Waals surface area contributed by atoms with E-state index in [0.717, 1.165) is 6.42 Å². The van der Waals surface area contributed by atoms with Gasteiger partial charge >= 0.3 is 0 Å². The molecule has 6 nitrogen and oxygen atoms in total. The van der Waals surface area contributed by atoms with Crippen LogP contribution in [0.15, 0.2) is 42.5 Å². The van der Waals surface area contributed by atoms with Gasteiger partial charge < -0.3 is 15.0 Å². The number of methoxy groups -OCH3 is 1. The van der Waals surface area contributed by atoms with Crippen LogP contribution in [0, 0.1) is 5.82 Å². The Morgan fingerprint density at radius 1 is 1.34 bits per heavy atom. The molecule has 0 spiro atoms. The number of rotatable bonds is 6. The van der Waals surface area contributed by atoms with E-state index < -0.39 is 6.04 Å². The van der Waals surface area contributed by atoms with Crippen molar-refractivity contribution in [1.82, 2.24) is 4.90 Å². The van der Waals surface area contributed by atoms with Gasteiger partial charge in [0.2, 0.25) is 11.8 Å². The van der Waals surface area contributed by atoms with Crippen LogP contribution in [-0.4, -0.2) is 50.0 Å². The van der Waals surface area contributed by atoms with Crippen molar-refractivity contribution in [3.63, 3.8) is 0 Å². The molecule has 2 aromatic carbocycles. The average molecular weight is 420 g/mol. The summed E-state index contributed by atoms with van der Waals surface area (Å²) in [5.74, 6) is -0.321. The van der Waals surface area contributed by atoms with E-state index in [0.29, 0.717) is 35.1 Å². The van der Waals surface area contributed by atoms with Gasteiger partial charge in [0.05, 0.1) is 25.4 Å². The van der Waals surface area contributed by atoms with E-state index in [1.165, 1.54) is 19.2 Å². The molecule has 0 aliphatic carbocycles. The highest BCUT2D eigenvalue weighted by atomic mass is 35.5. The second-order valence-corrected chi connectivity index (χ2v) is 7.37. The highest BCUT2D eigenvalue weighted by molar-refractivity contribution is 6.31. The first-order valence-corrected chi connectivity index (χ1v) is 9.67. The topological polar surface area (TPSA) is 61.9 Å². The molecule has 1 fully saturated rings. The van der Waals surface area contributed by atoms with E-state index in [2.05, 4.69) is 5.32 Å². The molecule has 1 unspecified atom stereocenters. The van der Waals surface area contributed by atoms with Crippen molar-refractivity contribution >= 4 is 34.8 Å². The Kier molecular flexibility index (Phi) is 6.71. The van der Waals surface area contributed by atoms with E-state index in [1.807, 2.05) is 0 Å². The SMILES string of the molecule is COc1ccc(Cl)cc1NC(=O)CN(C)C1CCCN(c2cccc(F)c2)C1=O. The standard InChI is InChI=1S/C21H23ClFN3O3/c1-25(13-20(27)24-17-11-14(22)8-9-19(17)29-2)18-7-4-10-26(21(18)28)16-6-3-5-15(23)12-16/h3,5-6,8-9,11-12,18H,4,7,10,13H2,1-2H3,(H,24,27). The summed E-state index contributed by atoms with van der Waals surface area (Å²) in [5.41, 5.74) is 0.996. The molecule has 29 heavy (non-hydrogen) atoms. The van der Waals surface area contributed by atoms with E-state index in [4.69, 9.17) is 16.3 Å². The number of amides is 2. The summed E-state index contributed by atoms with van der Waals surface area (Å²) in [6.07, 6.45) is 1.40. The Morgan fingerprint density at radius 3 is 2.86 bits per heavy atom. The van der Waals surface area contributed by atoms with Gasteiger partial charge in [0, 0.05) is 17.3 Å². The number of nitrogens with one attached hydrogen (secondary N) is 1. The minimum atomic E-state index is -0.459. The number of piperidine rings is 1. The zero-order valence-electron chi connectivity index (χ0n) is 16.3. The van der Waals surface area contributed by atoms with Crippen molar-refractivity contribution in [2.45, 2.75) is 18.9 Å². The highest BCUT2D eigenvalue weighted by Gasteiger charge is 2.33. The monoisotopic (exact) mass is 419 g/mol. The van der Waals surface area contributed by atoms with E-state index in [1.54, 1.807) is 47.2 Å². The predicted molar refractivity (Wildman–Crippen MR) is 111 cm³/mol. The number of carbonyl (C=O) groups is 2. The Balaban J connectivity index is 1.67. The molecular weight excluding hydrogens is 397 g/mol. The maximum atomic E-state index is 13.6. The number of likely N-dealkylation sites (N-methyl/N-ethyl adjacent to an activating group) is 1. The van der Waals surface area contributed by atoms with Crippen LogP contribution in [0.1, 0.15) is 12.8 Å². The molecule has 0 radical (unpaired) electrons. The zero-order valence-corrected chi connectivity index (χ0v) is 17.1. The third-order valence-corrected chi connectivity index (χ3v) is 5.13. The summed E-state index contributed by atoms with van der Waals surface area (Å²) in [6.45, 7) is 0.543. The maximum Gasteiger partial charge on any atom is 0.244 e. The molecule has 2 amide bonds. The second kappa shape index (κ2) is 9.24.